The van der Waals surface area contributed by atoms with Gasteiger partial charge in [0.2, 0.25) is 5.91 Å². The highest BCUT2D eigenvalue weighted by Gasteiger charge is 2.24. The van der Waals surface area contributed by atoms with Crippen LogP contribution in [0, 0.1) is 0 Å². The number of amides is 2. The van der Waals surface area contributed by atoms with Crippen molar-refractivity contribution < 1.29 is 23.1 Å². The largest absolute Gasteiger partial charge is 0.434 e. The fraction of sp³-hybridized carbons (Fsp3) is 0.227. The van der Waals surface area contributed by atoms with E-state index in [0.29, 0.717) is 41.3 Å². The number of nitrogens with zero attached hydrogens (tertiary/aromatic N) is 2. The highest BCUT2D eigenvalue weighted by molar-refractivity contribution is 7.14. The first-order valence-electron chi connectivity index (χ1n) is 9.70. The zero-order chi connectivity index (χ0) is 22.0. The molecule has 1 aromatic heterocycles. The van der Waals surface area contributed by atoms with E-state index in [1.165, 1.54) is 17.4 Å². The minimum Gasteiger partial charge on any atom is -0.434 e. The maximum Gasteiger partial charge on any atom is 0.387 e. The lowest BCUT2D eigenvalue weighted by Crippen LogP contribution is -2.27. The summed E-state index contributed by atoms with van der Waals surface area (Å²) in [4.78, 5) is 30.8. The van der Waals surface area contributed by atoms with Gasteiger partial charge < -0.3 is 9.64 Å². The van der Waals surface area contributed by atoms with Gasteiger partial charge in [-0.3, -0.25) is 14.9 Å². The Kier molecular flexibility index (Phi) is 5.94. The van der Waals surface area contributed by atoms with Crippen molar-refractivity contribution in [2.75, 3.05) is 16.8 Å². The van der Waals surface area contributed by atoms with Gasteiger partial charge >= 0.3 is 6.61 Å². The number of carbonyl (C=O) groups excluding carboxylic acids is 2. The van der Waals surface area contributed by atoms with Crippen LogP contribution in [0.5, 0.6) is 5.75 Å². The molecule has 0 atom stereocenters. The molecule has 1 aliphatic heterocycles. The van der Waals surface area contributed by atoms with E-state index < -0.39 is 6.61 Å². The third-order valence-corrected chi connectivity index (χ3v) is 5.70. The van der Waals surface area contributed by atoms with Crippen molar-refractivity contribution in [3.63, 3.8) is 0 Å². The molecule has 3 aromatic rings. The average molecular weight is 443 g/mol. The summed E-state index contributed by atoms with van der Waals surface area (Å²) < 4.78 is 29.8. The number of aromatic nitrogens is 1. The highest BCUT2D eigenvalue weighted by atomic mass is 32.1. The molecule has 2 amide bonds. The number of alkyl halides is 2. The number of hydrogen-bond donors (Lipinski definition) is 1. The molecule has 9 heteroatoms. The first kappa shape index (κ1) is 20.9. The second-order valence-corrected chi connectivity index (χ2v) is 7.72. The number of rotatable bonds is 6. The van der Waals surface area contributed by atoms with Gasteiger partial charge in [0, 0.05) is 35.2 Å². The number of fused-ring (bicyclic) bond motifs is 1. The smallest absolute Gasteiger partial charge is 0.387 e. The van der Waals surface area contributed by atoms with Crippen LogP contribution in [-0.2, 0) is 11.2 Å². The molecule has 6 nitrogen and oxygen atoms in total. The molecule has 0 bridgehead atoms. The first-order chi connectivity index (χ1) is 15.0. The number of carbonyl (C=O) groups is 2. The predicted octanol–water partition coefficient (Wildman–Crippen LogP) is 4.96. The number of thiazole rings is 1. The van der Waals surface area contributed by atoms with Crippen LogP contribution in [-0.4, -0.2) is 30.0 Å². The molecule has 0 fully saturated rings. The standard InChI is InChI=1S/C22H19F2N3O3S/c1-2-19(28)27-10-9-13-11-14(7-8-17(13)27)20(29)26-22-25-16(12-31-22)15-5-3-4-6-18(15)30-21(23)24/h3-8,11-12,21H,2,9-10H2,1H3,(H,25,26,29). The van der Waals surface area contributed by atoms with Crippen molar-refractivity contribution >= 4 is 34.0 Å². The van der Waals surface area contributed by atoms with Crippen LogP contribution in [0.25, 0.3) is 11.3 Å². The van der Waals surface area contributed by atoms with E-state index in [2.05, 4.69) is 15.0 Å². The molecule has 0 saturated heterocycles. The molecule has 0 saturated carbocycles. The minimum atomic E-state index is -2.94. The van der Waals surface area contributed by atoms with Crippen LogP contribution in [0.3, 0.4) is 0 Å². The number of ether oxygens (including phenoxy) is 1. The second-order valence-electron chi connectivity index (χ2n) is 6.86. The Morgan fingerprint density at radius 1 is 1.26 bits per heavy atom. The molecular formula is C22H19F2N3O3S. The van der Waals surface area contributed by atoms with Gasteiger partial charge in [0.1, 0.15) is 5.75 Å². The summed E-state index contributed by atoms with van der Waals surface area (Å²) >= 11 is 1.19. The maximum absolute atomic E-state index is 12.7. The summed E-state index contributed by atoms with van der Waals surface area (Å²) in [6, 6.07) is 11.6. The Balaban J connectivity index is 1.50. The summed E-state index contributed by atoms with van der Waals surface area (Å²) in [5.74, 6) is -0.256. The maximum atomic E-state index is 12.7. The molecule has 1 aliphatic rings. The van der Waals surface area contributed by atoms with Crippen molar-refractivity contribution in [2.45, 2.75) is 26.4 Å². The van der Waals surface area contributed by atoms with Crippen molar-refractivity contribution in [3.8, 4) is 17.0 Å². The number of anilines is 2. The SMILES string of the molecule is CCC(=O)N1CCc2cc(C(=O)Nc3nc(-c4ccccc4OC(F)F)cs3)ccc21. The lowest BCUT2D eigenvalue weighted by Gasteiger charge is -2.16. The topological polar surface area (TPSA) is 71.5 Å². The lowest BCUT2D eigenvalue weighted by molar-refractivity contribution is -0.118. The van der Waals surface area contributed by atoms with Crippen molar-refractivity contribution in [1.82, 2.24) is 4.98 Å². The van der Waals surface area contributed by atoms with Gasteiger partial charge in [-0.05, 0) is 42.3 Å². The molecule has 0 spiro atoms. The van der Waals surface area contributed by atoms with E-state index in [4.69, 9.17) is 0 Å². The summed E-state index contributed by atoms with van der Waals surface area (Å²) in [7, 11) is 0. The molecule has 2 aromatic carbocycles. The molecule has 160 valence electrons. The van der Waals surface area contributed by atoms with Crippen LogP contribution in [0.4, 0.5) is 19.6 Å². The number of benzene rings is 2. The molecule has 2 heterocycles. The van der Waals surface area contributed by atoms with Gasteiger partial charge in [-0.1, -0.05) is 19.1 Å². The first-order valence-corrected chi connectivity index (χ1v) is 10.6. The third kappa shape index (κ3) is 4.41. The van der Waals surface area contributed by atoms with E-state index in [9.17, 15) is 18.4 Å². The van der Waals surface area contributed by atoms with Crippen LogP contribution >= 0.6 is 11.3 Å². The molecule has 4 rings (SSSR count). The molecule has 1 N–H and O–H groups in total. The van der Waals surface area contributed by atoms with Gasteiger partial charge in [0.15, 0.2) is 5.13 Å². The van der Waals surface area contributed by atoms with Crippen molar-refractivity contribution in [3.05, 3.63) is 59.0 Å². The van der Waals surface area contributed by atoms with E-state index in [1.54, 1.807) is 46.7 Å². The Morgan fingerprint density at radius 2 is 2.06 bits per heavy atom. The summed E-state index contributed by atoms with van der Waals surface area (Å²) in [6.45, 7) is -0.506. The van der Waals surface area contributed by atoms with Crippen molar-refractivity contribution in [1.29, 1.82) is 0 Å². The van der Waals surface area contributed by atoms with Crippen LogP contribution in [0.15, 0.2) is 47.8 Å². The van der Waals surface area contributed by atoms with Crippen LogP contribution < -0.4 is 15.0 Å². The molecule has 0 unspecified atom stereocenters. The highest BCUT2D eigenvalue weighted by Crippen LogP contribution is 2.33. The number of halogens is 2. The van der Waals surface area contributed by atoms with Gasteiger partial charge in [0.05, 0.1) is 5.69 Å². The van der Waals surface area contributed by atoms with E-state index >= 15 is 0 Å². The lowest BCUT2D eigenvalue weighted by atomic mass is 10.1. The third-order valence-electron chi connectivity index (χ3n) is 4.94. The van der Waals surface area contributed by atoms with Crippen LogP contribution in [0.2, 0.25) is 0 Å². The Labute approximate surface area is 181 Å². The zero-order valence-electron chi connectivity index (χ0n) is 16.6. The minimum absolute atomic E-state index is 0.0190. The number of hydrogen-bond acceptors (Lipinski definition) is 5. The zero-order valence-corrected chi connectivity index (χ0v) is 17.4. The van der Waals surface area contributed by atoms with E-state index in [-0.39, 0.29) is 17.6 Å². The molecular weight excluding hydrogens is 424 g/mol. The quantitative estimate of drug-likeness (QED) is 0.584. The Morgan fingerprint density at radius 3 is 2.84 bits per heavy atom. The van der Waals surface area contributed by atoms with Crippen LogP contribution in [0.1, 0.15) is 29.3 Å². The normalized spacial score (nSPS) is 12.7. The van der Waals surface area contributed by atoms with Gasteiger partial charge in [-0.15, -0.1) is 11.3 Å². The fourth-order valence-electron chi connectivity index (χ4n) is 3.49. The van der Waals surface area contributed by atoms with Gasteiger partial charge in [-0.2, -0.15) is 8.78 Å². The molecule has 0 radical (unpaired) electrons. The second kappa shape index (κ2) is 8.81. The number of para-hydroxylation sites is 1. The summed E-state index contributed by atoms with van der Waals surface area (Å²) in [6.07, 6.45) is 1.13. The number of nitrogens with one attached hydrogen (secondary N) is 1. The van der Waals surface area contributed by atoms with Gasteiger partial charge in [-0.25, -0.2) is 4.98 Å². The Hall–Kier alpha value is -3.33. The predicted molar refractivity (Wildman–Crippen MR) is 115 cm³/mol. The molecule has 0 aliphatic carbocycles. The van der Waals surface area contributed by atoms with E-state index in [0.717, 1.165) is 11.3 Å². The molecule has 31 heavy (non-hydrogen) atoms. The Bertz CT molecular complexity index is 1130. The van der Waals surface area contributed by atoms with Crippen molar-refractivity contribution in [2.24, 2.45) is 0 Å². The van der Waals surface area contributed by atoms with E-state index in [1.807, 2.05) is 6.92 Å². The summed E-state index contributed by atoms with van der Waals surface area (Å²) in [5.41, 5.74) is 3.10. The van der Waals surface area contributed by atoms with Gasteiger partial charge in [0.25, 0.3) is 5.91 Å². The average Bonchev–Trinajstić information content (AvgIpc) is 3.39. The fourth-order valence-corrected chi connectivity index (χ4v) is 4.20. The summed E-state index contributed by atoms with van der Waals surface area (Å²) in [5, 5.41) is 4.75. The monoisotopic (exact) mass is 443 g/mol.